The van der Waals surface area contributed by atoms with Crippen molar-refractivity contribution in [3.05, 3.63) is 0 Å². The Balaban J connectivity index is 1.62. The number of aliphatic hydroxyl groups excluding tert-OH is 1. The van der Waals surface area contributed by atoms with Gasteiger partial charge in [-0.1, -0.05) is 0 Å². The lowest BCUT2D eigenvalue weighted by Gasteiger charge is -2.25. The summed E-state index contributed by atoms with van der Waals surface area (Å²) in [7, 11) is 0. The number of rotatable bonds is 7. The second-order valence-electron chi connectivity index (χ2n) is 5.73. The van der Waals surface area contributed by atoms with E-state index in [1.54, 1.807) is 6.92 Å². The van der Waals surface area contributed by atoms with Gasteiger partial charge in [-0.2, -0.15) is 0 Å². The van der Waals surface area contributed by atoms with Crippen molar-refractivity contribution in [2.45, 2.75) is 44.8 Å². The summed E-state index contributed by atoms with van der Waals surface area (Å²) in [6, 6.07) is 0. The molecule has 1 aliphatic heterocycles. The predicted octanol–water partition coefficient (Wildman–Crippen LogP) is 0.705. The molecule has 110 valence electrons. The fourth-order valence-electron chi connectivity index (χ4n) is 2.18. The van der Waals surface area contributed by atoms with Crippen molar-refractivity contribution in [3.8, 4) is 0 Å². The smallest absolute Gasteiger partial charge is 0.251 e. The number of hydrogen-bond acceptors (Lipinski definition) is 4. The first-order chi connectivity index (χ1) is 9.16. The zero-order valence-corrected chi connectivity index (χ0v) is 11.6. The van der Waals surface area contributed by atoms with E-state index in [9.17, 15) is 9.90 Å². The maximum absolute atomic E-state index is 11.7. The van der Waals surface area contributed by atoms with Gasteiger partial charge in [0, 0.05) is 19.8 Å². The minimum Gasteiger partial charge on any atom is -0.381 e. The molecule has 2 N–H and O–H groups in total. The van der Waals surface area contributed by atoms with Crippen molar-refractivity contribution >= 4 is 5.91 Å². The van der Waals surface area contributed by atoms with Gasteiger partial charge in [0.25, 0.3) is 5.91 Å². The Kier molecular flexibility index (Phi) is 5.60. The molecule has 0 aromatic heterocycles. The minimum atomic E-state index is -1.07. The molecule has 1 amide bonds. The molecule has 2 fully saturated rings. The van der Waals surface area contributed by atoms with Gasteiger partial charge in [-0.15, -0.1) is 0 Å². The van der Waals surface area contributed by atoms with Crippen molar-refractivity contribution in [1.82, 2.24) is 5.32 Å². The Morgan fingerprint density at radius 1 is 1.32 bits per heavy atom. The molecule has 1 aliphatic carbocycles. The van der Waals surface area contributed by atoms with E-state index in [1.807, 2.05) is 0 Å². The molecule has 2 aliphatic rings. The van der Waals surface area contributed by atoms with Gasteiger partial charge in [-0.05, 0) is 44.4 Å². The SMILES string of the molecule is CC(OCC1CCOCC1)C(O)C(=O)NCC1CC1. The third-order valence-electron chi connectivity index (χ3n) is 3.91. The van der Waals surface area contributed by atoms with Crippen LogP contribution in [0.25, 0.3) is 0 Å². The second-order valence-corrected chi connectivity index (χ2v) is 5.73. The standard InChI is InChI=1S/C14H25NO4/c1-10(19-9-12-4-6-18-7-5-12)13(16)14(17)15-8-11-2-3-11/h10-13,16H,2-9H2,1H3,(H,15,17). The van der Waals surface area contributed by atoms with Crippen LogP contribution >= 0.6 is 0 Å². The molecule has 2 unspecified atom stereocenters. The van der Waals surface area contributed by atoms with E-state index in [0.717, 1.165) is 26.1 Å². The van der Waals surface area contributed by atoms with Crippen LogP contribution in [-0.4, -0.2) is 49.6 Å². The van der Waals surface area contributed by atoms with Crippen LogP contribution in [0.3, 0.4) is 0 Å². The Morgan fingerprint density at radius 3 is 2.63 bits per heavy atom. The largest absolute Gasteiger partial charge is 0.381 e. The van der Waals surface area contributed by atoms with E-state index in [1.165, 1.54) is 12.8 Å². The number of carbonyl (C=O) groups is 1. The van der Waals surface area contributed by atoms with Crippen molar-refractivity contribution in [2.75, 3.05) is 26.4 Å². The fraction of sp³-hybridized carbons (Fsp3) is 0.929. The van der Waals surface area contributed by atoms with Gasteiger partial charge in [0.05, 0.1) is 12.7 Å². The third kappa shape index (κ3) is 5.09. The maximum atomic E-state index is 11.7. The highest BCUT2D eigenvalue weighted by molar-refractivity contribution is 5.81. The highest BCUT2D eigenvalue weighted by atomic mass is 16.5. The van der Waals surface area contributed by atoms with Crippen LogP contribution in [0, 0.1) is 11.8 Å². The number of aliphatic hydroxyl groups is 1. The molecule has 0 aromatic carbocycles. The Labute approximate surface area is 114 Å². The lowest BCUT2D eigenvalue weighted by molar-refractivity contribution is -0.138. The van der Waals surface area contributed by atoms with Crippen molar-refractivity contribution in [1.29, 1.82) is 0 Å². The summed E-state index contributed by atoms with van der Waals surface area (Å²) in [6.07, 6.45) is 2.84. The van der Waals surface area contributed by atoms with Crippen LogP contribution in [0.2, 0.25) is 0 Å². The summed E-state index contributed by atoms with van der Waals surface area (Å²) in [6.45, 7) is 4.60. The molecule has 0 spiro atoms. The molecule has 1 heterocycles. The first-order valence-electron chi connectivity index (χ1n) is 7.32. The first kappa shape index (κ1) is 14.8. The highest BCUT2D eigenvalue weighted by Gasteiger charge is 2.27. The van der Waals surface area contributed by atoms with Crippen molar-refractivity contribution in [3.63, 3.8) is 0 Å². The van der Waals surface area contributed by atoms with Gasteiger partial charge in [-0.25, -0.2) is 0 Å². The van der Waals surface area contributed by atoms with Gasteiger partial charge in [0.2, 0.25) is 0 Å². The van der Waals surface area contributed by atoms with Crippen LogP contribution in [-0.2, 0) is 14.3 Å². The van der Waals surface area contributed by atoms with E-state index < -0.39 is 12.2 Å². The van der Waals surface area contributed by atoms with E-state index >= 15 is 0 Å². The van der Waals surface area contributed by atoms with Gasteiger partial charge in [0.1, 0.15) is 0 Å². The average Bonchev–Trinajstić information content (AvgIpc) is 3.26. The Bertz CT molecular complexity index is 287. The van der Waals surface area contributed by atoms with Crippen molar-refractivity contribution in [2.24, 2.45) is 11.8 Å². The molecule has 0 bridgehead atoms. The van der Waals surface area contributed by atoms with Gasteiger partial charge >= 0.3 is 0 Å². The topological polar surface area (TPSA) is 67.8 Å². The zero-order chi connectivity index (χ0) is 13.7. The minimum absolute atomic E-state index is 0.314. The van der Waals surface area contributed by atoms with E-state index in [4.69, 9.17) is 9.47 Å². The molecule has 19 heavy (non-hydrogen) atoms. The highest BCUT2D eigenvalue weighted by Crippen LogP contribution is 2.27. The van der Waals surface area contributed by atoms with Gasteiger partial charge < -0.3 is 19.9 Å². The van der Waals surface area contributed by atoms with Crippen LogP contribution in [0.5, 0.6) is 0 Å². The Hall–Kier alpha value is -0.650. The zero-order valence-electron chi connectivity index (χ0n) is 11.6. The normalized spacial score (nSPS) is 23.9. The molecule has 1 saturated heterocycles. The van der Waals surface area contributed by atoms with Crippen LogP contribution in [0.15, 0.2) is 0 Å². The molecule has 5 nitrogen and oxygen atoms in total. The fourth-order valence-corrected chi connectivity index (χ4v) is 2.18. The lowest BCUT2D eigenvalue weighted by Crippen LogP contribution is -2.43. The van der Waals surface area contributed by atoms with E-state index in [2.05, 4.69) is 5.32 Å². The number of nitrogens with one attached hydrogen (secondary N) is 1. The lowest BCUT2D eigenvalue weighted by atomic mass is 10.0. The summed E-state index contributed by atoms with van der Waals surface area (Å²) < 4.78 is 10.9. The summed E-state index contributed by atoms with van der Waals surface area (Å²) >= 11 is 0. The van der Waals surface area contributed by atoms with E-state index in [-0.39, 0.29) is 5.91 Å². The number of hydrogen-bond donors (Lipinski definition) is 2. The van der Waals surface area contributed by atoms with Crippen LogP contribution < -0.4 is 5.32 Å². The molecule has 0 radical (unpaired) electrons. The maximum Gasteiger partial charge on any atom is 0.251 e. The average molecular weight is 271 g/mol. The number of amides is 1. The van der Waals surface area contributed by atoms with Gasteiger partial charge in [-0.3, -0.25) is 4.79 Å². The molecule has 0 aromatic rings. The van der Waals surface area contributed by atoms with Crippen LogP contribution in [0.1, 0.15) is 32.6 Å². The second kappa shape index (κ2) is 7.22. The Morgan fingerprint density at radius 2 is 2.00 bits per heavy atom. The number of carbonyl (C=O) groups excluding carboxylic acids is 1. The summed E-state index contributed by atoms with van der Waals surface area (Å²) in [4.78, 5) is 11.7. The van der Waals surface area contributed by atoms with E-state index in [0.29, 0.717) is 25.0 Å². The molecule has 5 heteroatoms. The molecule has 2 rings (SSSR count). The molecule has 1 saturated carbocycles. The quantitative estimate of drug-likeness (QED) is 0.715. The van der Waals surface area contributed by atoms with Gasteiger partial charge in [0.15, 0.2) is 6.10 Å². The monoisotopic (exact) mass is 271 g/mol. The van der Waals surface area contributed by atoms with Crippen LogP contribution in [0.4, 0.5) is 0 Å². The predicted molar refractivity (Wildman–Crippen MR) is 70.7 cm³/mol. The molecular weight excluding hydrogens is 246 g/mol. The molecule has 2 atom stereocenters. The van der Waals surface area contributed by atoms with Crippen molar-refractivity contribution < 1.29 is 19.4 Å². The third-order valence-corrected chi connectivity index (χ3v) is 3.91. The molecular formula is C14H25NO4. The summed E-state index contributed by atoms with van der Waals surface area (Å²) in [5.74, 6) is 0.791. The summed E-state index contributed by atoms with van der Waals surface area (Å²) in [5, 5.41) is 12.7. The number of ether oxygens (including phenoxy) is 2. The summed E-state index contributed by atoms with van der Waals surface area (Å²) in [5.41, 5.74) is 0. The first-order valence-corrected chi connectivity index (χ1v) is 7.32.